The van der Waals surface area contributed by atoms with E-state index in [0.29, 0.717) is 0 Å². The minimum atomic E-state index is 0.136. The maximum absolute atomic E-state index is 6.19. The molecule has 0 radical (unpaired) electrons. The molecule has 1 rings (SSSR count). The molecule has 1 aromatic carbocycles. The summed E-state index contributed by atoms with van der Waals surface area (Å²) < 4.78 is 5.30. The predicted molar refractivity (Wildman–Crippen MR) is 72.4 cm³/mol. The van der Waals surface area contributed by atoms with Gasteiger partial charge in [-0.1, -0.05) is 6.07 Å². The molecule has 0 aromatic heterocycles. The van der Waals surface area contributed by atoms with Crippen molar-refractivity contribution in [1.82, 2.24) is 0 Å². The third-order valence-electron chi connectivity index (χ3n) is 2.82. The zero-order chi connectivity index (χ0) is 12.1. The van der Waals surface area contributed by atoms with Crippen molar-refractivity contribution in [3.05, 3.63) is 28.8 Å². The van der Waals surface area contributed by atoms with Gasteiger partial charge >= 0.3 is 0 Å². The average Bonchev–Trinajstić information content (AvgIpc) is 2.28. The van der Waals surface area contributed by atoms with Crippen LogP contribution in [0.25, 0.3) is 0 Å². The molecule has 0 aliphatic carbocycles. The number of hydrogen-bond acceptors (Lipinski definition) is 3. The zero-order valence-electron chi connectivity index (χ0n) is 10.5. The second-order valence-electron chi connectivity index (χ2n) is 4.07. The number of aryl methyl sites for hydroxylation is 2. The van der Waals surface area contributed by atoms with E-state index in [0.717, 1.165) is 23.5 Å². The van der Waals surface area contributed by atoms with Gasteiger partial charge in [0.05, 0.1) is 7.11 Å². The normalized spacial score (nSPS) is 12.6. The number of thioether (sulfide) groups is 1. The molecule has 0 aliphatic rings. The van der Waals surface area contributed by atoms with Crippen molar-refractivity contribution in [2.75, 3.05) is 19.1 Å². The quantitative estimate of drug-likeness (QED) is 0.857. The highest BCUT2D eigenvalue weighted by Crippen LogP contribution is 2.27. The van der Waals surface area contributed by atoms with Crippen molar-refractivity contribution in [2.45, 2.75) is 26.3 Å². The van der Waals surface area contributed by atoms with E-state index in [9.17, 15) is 0 Å². The molecule has 3 heteroatoms. The van der Waals surface area contributed by atoms with Gasteiger partial charge in [0.2, 0.25) is 0 Å². The van der Waals surface area contributed by atoms with Crippen LogP contribution in [0.3, 0.4) is 0 Å². The number of benzene rings is 1. The number of methoxy groups -OCH3 is 1. The van der Waals surface area contributed by atoms with Crippen molar-refractivity contribution in [3.63, 3.8) is 0 Å². The molecule has 90 valence electrons. The summed E-state index contributed by atoms with van der Waals surface area (Å²) in [6, 6.07) is 4.36. The van der Waals surface area contributed by atoms with Crippen LogP contribution in [-0.2, 0) is 0 Å². The zero-order valence-corrected chi connectivity index (χ0v) is 11.4. The van der Waals surface area contributed by atoms with Gasteiger partial charge in [0.15, 0.2) is 0 Å². The molecule has 0 saturated carbocycles. The van der Waals surface area contributed by atoms with Gasteiger partial charge < -0.3 is 10.5 Å². The standard InChI is InChI=1S/C13H21NOS/c1-9-8-13(15-3)10(2)7-11(9)12(14)5-6-16-4/h7-8,12H,5-6,14H2,1-4H3. The van der Waals surface area contributed by atoms with E-state index < -0.39 is 0 Å². The summed E-state index contributed by atoms with van der Waals surface area (Å²) in [5.41, 5.74) is 9.80. The van der Waals surface area contributed by atoms with Crippen LogP contribution in [-0.4, -0.2) is 19.1 Å². The Bertz CT molecular complexity index is 352. The van der Waals surface area contributed by atoms with Crippen molar-refractivity contribution >= 4 is 11.8 Å². The third kappa shape index (κ3) is 3.16. The van der Waals surface area contributed by atoms with Crippen LogP contribution in [0.5, 0.6) is 5.75 Å². The van der Waals surface area contributed by atoms with E-state index in [1.807, 2.05) is 11.8 Å². The van der Waals surface area contributed by atoms with Crippen LogP contribution in [0, 0.1) is 13.8 Å². The first-order valence-corrected chi connectivity index (χ1v) is 6.89. The molecule has 0 bridgehead atoms. The fraction of sp³-hybridized carbons (Fsp3) is 0.538. The molecule has 16 heavy (non-hydrogen) atoms. The molecule has 0 fully saturated rings. The third-order valence-corrected chi connectivity index (χ3v) is 3.46. The van der Waals surface area contributed by atoms with E-state index >= 15 is 0 Å². The van der Waals surface area contributed by atoms with Gasteiger partial charge in [-0.25, -0.2) is 0 Å². The van der Waals surface area contributed by atoms with Crippen molar-refractivity contribution in [3.8, 4) is 5.75 Å². The molecule has 0 aliphatic heterocycles. The molecule has 0 heterocycles. The summed E-state index contributed by atoms with van der Waals surface area (Å²) in [7, 11) is 1.70. The molecular formula is C13H21NOS. The number of rotatable bonds is 5. The summed E-state index contributed by atoms with van der Waals surface area (Å²) in [4.78, 5) is 0. The Morgan fingerprint density at radius 1 is 1.31 bits per heavy atom. The number of hydrogen-bond donors (Lipinski definition) is 1. The van der Waals surface area contributed by atoms with E-state index in [1.165, 1.54) is 11.1 Å². The van der Waals surface area contributed by atoms with Crippen LogP contribution in [0.1, 0.15) is 29.2 Å². The molecular weight excluding hydrogens is 218 g/mol. The van der Waals surface area contributed by atoms with Crippen molar-refractivity contribution < 1.29 is 4.74 Å². The average molecular weight is 239 g/mol. The first-order valence-electron chi connectivity index (χ1n) is 5.49. The lowest BCUT2D eigenvalue weighted by Crippen LogP contribution is -2.13. The predicted octanol–water partition coefficient (Wildman–Crippen LogP) is 3.06. The lowest BCUT2D eigenvalue weighted by Gasteiger charge is -2.17. The maximum atomic E-state index is 6.19. The number of nitrogens with two attached hydrogens (primary N) is 1. The Labute approximate surface area is 103 Å². The van der Waals surface area contributed by atoms with Crippen LogP contribution in [0.4, 0.5) is 0 Å². The summed E-state index contributed by atoms with van der Waals surface area (Å²) in [5, 5.41) is 0. The van der Waals surface area contributed by atoms with E-state index in [4.69, 9.17) is 10.5 Å². The fourth-order valence-electron chi connectivity index (χ4n) is 1.83. The molecule has 1 unspecified atom stereocenters. The highest BCUT2D eigenvalue weighted by molar-refractivity contribution is 7.98. The monoisotopic (exact) mass is 239 g/mol. The van der Waals surface area contributed by atoms with E-state index in [1.54, 1.807) is 7.11 Å². The Morgan fingerprint density at radius 2 is 2.00 bits per heavy atom. The Hall–Kier alpha value is -0.670. The molecule has 1 aromatic rings. The summed E-state index contributed by atoms with van der Waals surface area (Å²) in [5.74, 6) is 2.05. The Kier molecular flexibility index (Phi) is 5.16. The van der Waals surface area contributed by atoms with Gasteiger partial charge in [-0.2, -0.15) is 11.8 Å². The van der Waals surface area contributed by atoms with Crippen LogP contribution >= 0.6 is 11.8 Å². The largest absolute Gasteiger partial charge is 0.496 e. The first kappa shape index (κ1) is 13.4. The topological polar surface area (TPSA) is 35.2 Å². The van der Waals surface area contributed by atoms with Gasteiger partial charge in [-0.15, -0.1) is 0 Å². The van der Waals surface area contributed by atoms with Crippen LogP contribution < -0.4 is 10.5 Å². The maximum Gasteiger partial charge on any atom is 0.122 e. The molecule has 0 saturated heterocycles. The van der Waals surface area contributed by atoms with E-state index in [2.05, 4.69) is 32.2 Å². The highest BCUT2D eigenvalue weighted by atomic mass is 32.2. The molecule has 0 amide bonds. The Morgan fingerprint density at radius 3 is 2.56 bits per heavy atom. The summed E-state index contributed by atoms with van der Waals surface area (Å²) in [6.07, 6.45) is 3.13. The second-order valence-corrected chi connectivity index (χ2v) is 5.05. The molecule has 1 atom stereocenters. The van der Waals surface area contributed by atoms with Gasteiger partial charge in [-0.05, 0) is 55.0 Å². The molecule has 2 nitrogen and oxygen atoms in total. The highest BCUT2D eigenvalue weighted by Gasteiger charge is 2.11. The van der Waals surface area contributed by atoms with Gasteiger partial charge in [0, 0.05) is 6.04 Å². The van der Waals surface area contributed by atoms with Gasteiger partial charge in [0.25, 0.3) is 0 Å². The van der Waals surface area contributed by atoms with Crippen LogP contribution in [0.15, 0.2) is 12.1 Å². The van der Waals surface area contributed by atoms with Gasteiger partial charge in [0.1, 0.15) is 5.75 Å². The second kappa shape index (κ2) is 6.16. The lowest BCUT2D eigenvalue weighted by atomic mass is 9.97. The van der Waals surface area contributed by atoms with Crippen molar-refractivity contribution in [1.29, 1.82) is 0 Å². The van der Waals surface area contributed by atoms with Gasteiger partial charge in [-0.3, -0.25) is 0 Å². The molecule has 0 spiro atoms. The lowest BCUT2D eigenvalue weighted by molar-refractivity contribution is 0.411. The smallest absolute Gasteiger partial charge is 0.122 e. The van der Waals surface area contributed by atoms with Crippen molar-refractivity contribution in [2.24, 2.45) is 5.73 Å². The minimum absolute atomic E-state index is 0.136. The Balaban J connectivity index is 2.92. The summed E-state index contributed by atoms with van der Waals surface area (Å²) in [6.45, 7) is 4.15. The van der Waals surface area contributed by atoms with E-state index in [-0.39, 0.29) is 6.04 Å². The fourth-order valence-corrected chi connectivity index (χ4v) is 2.32. The number of ether oxygens (including phenoxy) is 1. The SMILES string of the molecule is COc1cc(C)c(C(N)CCSC)cc1C. The minimum Gasteiger partial charge on any atom is -0.496 e. The summed E-state index contributed by atoms with van der Waals surface area (Å²) >= 11 is 1.84. The van der Waals surface area contributed by atoms with Crippen LogP contribution in [0.2, 0.25) is 0 Å². The molecule has 2 N–H and O–H groups in total. The first-order chi connectivity index (χ1) is 7.60.